The molecule has 1 aromatic carbocycles. The van der Waals surface area contributed by atoms with Crippen molar-refractivity contribution in [2.75, 3.05) is 53.4 Å². The fourth-order valence-corrected chi connectivity index (χ4v) is 4.38. The van der Waals surface area contributed by atoms with Gasteiger partial charge in [0.15, 0.2) is 0 Å². The Bertz CT molecular complexity index is 718. The smallest absolute Gasteiger partial charge is 0.243 e. The Morgan fingerprint density at radius 3 is 2.44 bits per heavy atom. The van der Waals surface area contributed by atoms with Gasteiger partial charge in [-0.1, -0.05) is 18.5 Å². The molecule has 1 amide bonds. The van der Waals surface area contributed by atoms with Crippen molar-refractivity contribution in [2.24, 2.45) is 0 Å². The summed E-state index contributed by atoms with van der Waals surface area (Å²) < 4.78 is 31.9. The first-order valence-corrected chi connectivity index (χ1v) is 9.91. The van der Waals surface area contributed by atoms with E-state index in [1.807, 2.05) is 7.05 Å². The molecular weight excluding hydrogens is 366 g/mol. The van der Waals surface area contributed by atoms with Crippen molar-refractivity contribution < 1.29 is 17.9 Å². The van der Waals surface area contributed by atoms with Crippen molar-refractivity contribution in [3.8, 4) is 5.75 Å². The number of sulfonamides is 1. The zero-order valence-corrected chi connectivity index (χ0v) is 16.3. The molecule has 1 saturated heterocycles. The van der Waals surface area contributed by atoms with Crippen LogP contribution in [-0.2, 0) is 14.8 Å². The van der Waals surface area contributed by atoms with Gasteiger partial charge in [0.25, 0.3) is 0 Å². The van der Waals surface area contributed by atoms with E-state index >= 15 is 0 Å². The van der Waals surface area contributed by atoms with Gasteiger partial charge in [0.2, 0.25) is 15.9 Å². The lowest BCUT2D eigenvalue weighted by atomic mass is 10.3. The van der Waals surface area contributed by atoms with E-state index in [1.54, 1.807) is 11.8 Å². The molecule has 0 bridgehead atoms. The number of amides is 1. The largest absolute Gasteiger partial charge is 0.495 e. The lowest BCUT2D eigenvalue weighted by Gasteiger charge is -2.33. The Morgan fingerprint density at radius 1 is 1.28 bits per heavy atom. The van der Waals surface area contributed by atoms with Crippen LogP contribution in [0.2, 0.25) is 5.02 Å². The summed E-state index contributed by atoms with van der Waals surface area (Å²) in [5.41, 5.74) is 0. The first-order chi connectivity index (χ1) is 11.8. The number of likely N-dealkylation sites (N-methyl/N-ethyl adjacent to an activating group) is 2. The molecule has 1 fully saturated rings. The van der Waals surface area contributed by atoms with Crippen LogP contribution < -0.4 is 4.74 Å². The molecule has 1 heterocycles. The van der Waals surface area contributed by atoms with E-state index in [-0.39, 0.29) is 28.9 Å². The van der Waals surface area contributed by atoms with Gasteiger partial charge in [0.1, 0.15) is 5.75 Å². The molecule has 0 aromatic heterocycles. The lowest BCUT2D eigenvalue weighted by molar-refractivity contribution is -0.132. The van der Waals surface area contributed by atoms with Gasteiger partial charge < -0.3 is 14.5 Å². The Morgan fingerprint density at radius 2 is 1.92 bits per heavy atom. The molecule has 1 aliphatic rings. The first-order valence-electron chi connectivity index (χ1n) is 8.09. The molecule has 0 spiro atoms. The number of ether oxygens (including phenoxy) is 1. The van der Waals surface area contributed by atoms with Gasteiger partial charge in [-0.2, -0.15) is 4.31 Å². The SMILES string of the molecule is CCN(CC(=O)N1CCN(C)CC1)S(=O)(=O)c1ccc(OC)c(Cl)c1. The molecule has 0 N–H and O–H groups in total. The summed E-state index contributed by atoms with van der Waals surface area (Å²) in [6.07, 6.45) is 0. The van der Waals surface area contributed by atoms with Crippen LogP contribution in [-0.4, -0.2) is 81.9 Å². The number of carbonyl (C=O) groups is 1. The van der Waals surface area contributed by atoms with Crippen LogP contribution in [0.3, 0.4) is 0 Å². The highest BCUT2D eigenvalue weighted by Crippen LogP contribution is 2.28. The summed E-state index contributed by atoms with van der Waals surface area (Å²) in [5, 5.41) is 0.213. The highest BCUT2D eigenvalue weighted by Gasteiger charge is 2.28. The second kappa shape index (κ2) is 8.35. The van der Waals surface area contributed by atoms with Gasteiger partial charge in [-0.25, -0.2) is 8.42 Å². The molecule has 0 saturated carbocycles. The van der Waals surface area contributed by atoms with Crippen LogP contribution >= 0.6 is 11.6 Å². The number of halogens is 1. The zero-order valence-electron chi connectivity index (χ0n) is 14.7. The maximum atomic E-state index is 12.8. The molecule has 25 heavy (non-hydrogen) atoms. The summed E-state index contributed by atoms with van der Waals surface area (Å²) in [4.78, 5) is 16.4. The topological polar surface area (TPSA) is 70.2 Å². The van der Waals surface area contributed by atoms with E-state index in [4.69, 9.17) is 16.3 Å². The second-order valence-corrected chi connectivity index (χ2v) is 8.26. The van der Waals surface area contributed by atoms with E-state index in [1.165, 1.54) is 29.6 Å². The van der Waals surface area contributed by atoms with Gasteiger partial charge in [-0.3, -0.25) is 4.79 Å². The first kappa shape index (κ1) is 20.0. The van der Waals surface area contributed by atoms with Crippen molar-refractivity contribution >= 4 is 27.5 Å². The number of hydrogen-bond donors (Lipinski definition) is 0. The summed E-state index contributed by atoms with van der Waals surface area (Å²) in [7, 11) is -0.349. The number of benzene rings is 1. The summed E-state index contributed by atoms with van der Waals surface area (Å²) in [5.74, 6) is 0.218. The molecule has 0 unspecified atom stereocenters. The van der Waals surface area contributed by atoms with Gasteiger partial charge in [-0.05, 0) is 25.2 Å². The van der Waals surface area contributed by atoms with Crippen LogP contribution in [0, 0.1) is 0 Å². The highest BCUT2D eigenvalue weighted by molar-refractivity contribution is 7.89. The minimum Gasteiger partial charge on any atom is -0.495 e. The zero-order chi connectivity index (χ0) is 18.6. The molecule has 9 heteroatoms. The summed E-state index contributed by atoms with van der Waals surface area (Å²) in [6, 6.07) is 4.28. The van der Waals surface area contributed by atoms with E-state index in [0.29, 0.717) is 18.8 Å². The predicted octanol–water partition coefficient (Wildman–Crippen LogP) is 1.13. The van der Waals surface area contributed by atoms with E-state index in [2.05, 4.69) is 4.90 Å². The number of rotatable bonds is 6. The minimum absolute atomic E-state index is 0.0475. The Labute approximate surface area is 154 Å². The number of nitrogens with zero attached hydrogens (tertiary/aromatic N) is 3. The van der Waals surface area contributed by atoms with E-state index in [9.17, 15) is 13.2 Å². The van der Waals surface area contributed by atoms with Gasteiger partial charge in [0, 0.05) is 32.7 Å². The monoisotopic (exact) mass is 389 g/mol. The quantitative estimate of drug-likeness (QED) is 0.729. The standard InChI is InChI=1S/C16H24ClN3O4S/c1-4-20(12-16(21)19-9-7-18(2)8-10-19)25(22,23)13-5-6-15(24-3)14(17)11-13/h5-6,11H,4,7-10,12H2,1-3H3. The molecule has 0 atom stereocenters. The molecule has 1 aromatic rings. The average Bonchev–Trinajstić information content (AvgIpc) is 2.59. The molecule has 140 valence electrons. The van der Waals surface area contributed by atoms with Crippen LogP contribution in [0.1, 0.15) is 6.92 Å². The van der Waals surface area contributed by atoms with Crippen molar-refractivity contribution in [3.63, 3.8) is 0 Å². The summed E-state index contributed by atoms with van der Waals surface area (Å²) in [6.45, 7) is 4.54. The van der Waals surface area contributed by atoms with Crippen molar-refractivity contribution in [3.05, 3.63) is 23.2 Å². The molecule has 1 aliphatic heterocycles. The number of hydrogen-bond acceptors (Lipinski definition) is 5. The molecule has 7 nitrogen and oxygen atoms in total. The number of piperazine rings is 1. The van der Waals surface area contributed by atoms with Gasteiger partial charge in [0.05, 0.1) is 23.6 Å². The number of methoxy groups -OCH3 is 1. The summed E-state index contributed by atoms with van der Waals surface area (Å²) >= 11 is 6.04. The van der Waals surface area contributed by atoms with E-state index < -0.39 is 10.0 Å². The van der Waals surface area contributed by atoms with Crippen LogP contribution in [0.25, 0.3) is 0 Å². The van der Waals surface area contributed by atoms with Crippen molar-refractivity contribution in [1.82, 2.24) is 14.1 Å². The maximum Gasteiger partial charge on any atom is 0.243 e. The Balaban J connectivity index is 2.15. The normalized spacial score (nSPS) is 16.3. The van der Waals surface area contributed by atoms with Crippen LogP contribution in [0.5, 0.6) is 5.75 Å². The van der Waals surface area contributed by atoms with Gasteiger partial charge in [-0.15, -0.1) is 0 Å². The van der Waals surface area contributed by atoms with Crippen LogP contribution in [0.4, 0.5) is 0 Å². The van der Waals surface area contributed by atoms with Crippen molar-refractivity contribution in [2.45, 2.75) is 11.8 Å². The third-order valence-corrected chi connectivity index (χ3v) is 6.49. The fraction of sp³-hybridized carbons (Fsp3) is 0.562. The van der Waals surface area contributed by atoms with Crippen molar-refractivity contribution in [1.29, 1.82) is 0 Å². The van der Waals surface area contributed by atoms with Gasteiger partial charge >= 0.3 is 0 Å². The maximum absolute atomic E-state index is 12.8. The average molecular weight is 390 g/mol. The number of carbonyl (C=O) groups excluding carboxylic acids is 1. The Kier molecular flexibility index (Phi) is 6.67. The molecular formula is C16H24ClN3O4S. The highest BCUT2D eigenvalue weighted by atomic mass is 35.5. The molecule has 0 aliphatic carbocycles. The predicted molar refractivity (Wildman–Crippen MR) is 96.5 cm³/mol. The third kappa shape index (κ3) is 4.63. The fourth-order valence-electron chi connectivity index (χ4n) is 2.63. The molecule has 0 radical (unpaired) electrons. The molecule has 2 rings (SSSR count). The second-order valence-electron chi connectivity index (χ2n) is 5.91. The minimum atomic E-state index is -3.81. The van der Waals surface area contributed by atoms with Crippen LogP contribution in [0.15, 0.2) is 23.1 Å². The van der Waals surface area contributed by atoms with E-state index in [0.717, 1.165) is 13.1 Å². The lowest BCUT2D eigenvalue weighted by Crippen LogP contribution is -2.50. The Hall–Kier alpha value is -1.35. The third-order valence-electron chi connectivity index (χ3n) is 4.28.